The van der Waals surface area contributed by atoms with Crippen molar-refractivity contribution in [1.29, 1.82) is 0 Å². The zero-order valence-corrected chi connectivity index (χ0v) is 21.2. The predicted molar refractivity (Wildman–Crippen MR) is 140 cm³/mol. The van der Waals surface area contributed by atoms with Gasteiger partial charge in [-0.25, -0.2) is 4.98 Å². The summed E-state index contributed by atoms with van der Waals surface area (Å²) < 4.78 is 0. The van der Waals surface area contributed by atoms with Crippen molar-refractivity contribution < 1.29 is 9.59 Å². The van der Waals surface area contributed by atoms with Crippen molar-refractivity contribution in [3.63, 3.8) is 0 Å². The average molecular weight is 492 g/mol. The molecule has 2 aromatic rings. The third kappa shape index (κ3) is 5.95. The molecule has 1 aliphatic carbocycles. The van der Waals surface area contributed by atoms with E-state index in [1.54, 1.807) is 6.92 Å². The van der Waals surface area contributed by atoms with Crippen LogP contribution < -0.4 is 15.5 Å². The van der Waals surface area contributed by atoms with Gasteiger partial charge in [0.1, 0.15) is 5.82 Å². The molecule has 192 valence electrons. The fourth-order valence-corrected chi connectivity index (χ4v) is 5.14. The summed E-state index contributed by atoms with van der Waals surface area (Å²) in [5, 5.41) is 6.47. The fourth-order valence-electron chi connectivity index (χ4n) is 5.14. The minimum atomic E-state index is 0.157. The van der Waals surface area contributed by atoms with Crippen molar-refractivity contribution in [2.24, 2.45) is 5.92 Å². The van der Waals surface area contributed by atoms with E-state index in [-0.39, 0.29) is 17.7 Å². The molecule has 3 heterocycles. The molecule has 1 saturated heterocycles. The first-order chi connectivity index (χ1) is 17.5. The molecule has 1 saturated carbocycles. The summed E-state index contributed by atoms with van der Waals surface area (Å²) >= 11 is 0. The number of carbonyl (C=O) groups is 2. The Morgan fingerprint density at radius 3 is 2.69 bits per heavy atom. The van der Waals surface area contributed by atoms with Crippen LogP contribution in [0.15, 0.2) is 30.5 Å². The Bertz CT molecular complexity index is 1080. The van der Waals surface area contributed by atoms with Gasteiger partial charge >= 0.3 is 0 Å². The van der Waals surface area contributed by atoms with Crippen molar-refractivity contribution in [3.05, 3.63) is 41.6 Å². The second kappa shape index (κ2) is 11.2. The Morgan fingerprint density at radius 1 is 1.11 bits per heavy atom. The summed E-state index contributed by atoms with van der Waals surface area (Å²) in [7, 11) is 0. The van der Waals surface area contributed by atoms with Crippen molar-refractivity contribution in [1.82, 2.24) is 25.1 Å². The zero-order valence-electron chi connectivity index (χ0n) is 21.2. The molecule has 1 aromatic heterocycles. The van der Waals surface area contributed by atoms with E-state index in [1.807, 2.05) is 17.2 Å². The molecule has 0 bridgehead atoms. The smallest absolute Gasteiger partial charge is 0.229 e. The first-order valence-electron chi connectivity index (χ1n) is 13.3. The van der Waals surface area contributed by atoms with Gasteiger partial charge in [-0.2, -0.15) is 4.98 Å². The first-order valence-corrected chi connectivity index (χ1v) is 13.3. The maximum atomic E-state index is 12.0. The highest BCUT2D eigenvalue weighted by molar-refractivity contribution is 5.79. The molecule has 0 spiro atoms. The van der Waals surface area contributed by atoms with Gasteiger partial charge in [-0.1, -0.05) is 18.6 Å². The summed E-state index contributed by atoms with van der Waals surface area (Å²) in [6.45, 7) is 8.40. The number of amides is 2. The number of anilines is 3. The number of fused-ring (bicyclic) bond motifs is 1. The molecule has 5 rings (SSSR count). The average Bonchev–Trinajstić information content (AvgIpc) is 3.23. The third-order valence-corrected chi connectivity index (χ3v) is 7.58. The molecule has 0 unspecified atom stereocenters. The lowest BCUT2D eigenvalue weighted by Crippen LogP contribution is -2.47. The van der Waals surface area contributed by atoms with E-state index >= 15 is 0 Å². The third-order valence-electron chi connectivity index (χ3n) is 7.58. The Kier molecular flexibility index (Phi) is 7.65. The topological polar surface area (TPSA) is 93.7 Å². The molecule has 9 heteroatoms. The van der Waals surface area contributed by atoms with Crippen LogP contribution in [0.1, 0.15) is 43.7 Å². The monoisotopic (exact) mass is 491 g/mol. The minimum Gasteiger partial charge on any atom is -0.356 e. The van der Waals surface area contributed by atoms with Crippen LogP contribution in [0, 0.1) is 5.92 Å². The first kappa shape index (κ1) is 24.5. The van der Waals surface area contributed by atoms with Crippen molar-refractivity contribution in [2.45, 2.75) is 45.6 Å². The summed E-state index contributed by atoms with van der Waals surface area (Å²) in [6, 6.07) is 8.38. The Labute approximate surface area is 213 Å². The Morgan fingerprint density at radius 2 is 1.94 bits per heavy atom. The van der Waals surface area contributed by atoms with Gasteiger partial charge in [0.2, 0.25) is 17.8 Å². The molecule has 36 heavy (non-hydrogen) atoms. The maximum absolute atomic E-state index is 12.0. The van der Waals surface area contributed by atoms with Crippen molar-refractivity contribution in [3.8, 4) is 0 Å². The molecule has 0 atom stereocenters. The highest BCUT2D eigenvalue weighted by Gasteiger charge is 2.25. The van der Waals surface area contributed by atoms with Gasteiger partial charge in [0.05, 0.1) is 0 Å². The van der Waals surface area contributed by atoms with Crippen molar-refractivity contribution >= 4 is 29.3 Å². The minimum absolute atomic E-state index is 0.157. The maximum Gasteiger partial charge on any atom is 0.229 e. The van der Waals surface area contributed by atoms with Crippen molar-refractivity contribution in [2.75, 3.05) is 56.0 Å². The van der Waals surface area contributed by atoms with Gasteiger partial charge in [-0.15, -0.1) is 0 Å². The zero-order chi connectivity index (χ0) is 24.9. The molecule has 2 aliphatic heterocycles. The molecular formula is C27H37N7O2. The summed E-state index contributed by atoms with van der Waals surface area (Å²) in [6.07, 6.45) is 7.06. The molecule has 1 aromatic carbocycles. The van der Waals surface area contributed by atoms with Gasteiger partial charge in [0.25, 0.3) is 0 Å². The number of aromatic nitrogens is 2. The van der Waals surface area contributed by atoms with E-state index in [0.29, 0.717) is 12.5 Å². The molecule has 2 amide bonds. The number of carbonyl (C=O) groups excluding carboxylic acids is 2. The van der Waals surface area contributed by atoms with Gasteiger partial charge in [-0.3, -0.25) is 14.5 Å². The van der Waals surface area contributed by atoms with E-state index in [0.717, 1.165) is 83.0 Å². The number of nitrogens with one attached hydrogen (secondary N) is 2. The number of nitrogens with zero attached hydrogens (tertiary/aromatic N) is 5. The van der Waals surface area contributed by atoms with Crippen LogP contribution in [-0.4, -0.2) is 77.4 Å². The number of hydrogen-bond donors (Lipinski definition) is 2. The second-order valence-electron chi connectivity index (χ2n) is 10.2. The van der Waals surface area contributed by atoms with Crippen LogP contribution in [0.3, 0.4) is 0 Å². The van der Waals surface area contributed by atoms with Gasteiger partial charge < -0.3 is 20.4 Å². The van der Waals surface area contributed by atoms with Crippen LogP contribution in [0.5, 0.6) is 0 Å². The SMILES string of the molecule is CC(=O)N1CCN(Cc2cccc(Nc3ncc4c(n3)N(CCCNC(=O)C3CCC3)CC4)c2)CC1. The molecule has 0 radical (unpaired) electrons. The lowest BCUT2D eigenvalue weighted by molar-refractivity contribution is -0.130. The predicted octanol–water partition coefficient (Wildman–Crippen LogP) is 2.55. The Balaban J connectivity index is 1.13. The van der Waals surface area contributed by atoms with Crippen LogP contribution >= 0.6 is 0 Å². The normalized spacial score (nSPS) is 18.0. The summed E-state index contributed by atoms with van der Waals surface area (Å²) in [5.74, 6) is 2.22. The van der Waals surface area contributed by atoms with Crippen LogP contribution in [0.4, 0.5) is 17.5 Å². The standard InChI is InChI=1S/C27H37N7O2/c1-20(35)33-15-13-32(14-16-33)19-21-5-2-8-24(17-21)30-27-29-18-23-9-12-34(25(23)31-27)11-4-10-28-26(36)22-6-3-7-22/h2,5,8,17-18,22H,3-4,6-7,9-16,19H2,1H3,(H,28,36)(H,29,30,31). The second-order valence-corrected chi connectivity index (χ2v) is 10.2. The van der Waals surface area contributed by atoms with E-state index in [4.69, 9.17) is 4.98 Å². The quantitative estimate of drug-likeness (QED) is 0.521. The van der Waals surface area contributed by atoms with Crippen LogP contribution in [-0.2, 0) is 22.6 Å². The van der Waals surface area contributed by atoms with Crippen LogP contribution in [0.2, 0.25) is 0 Å². The van der Waals surface area contributed by atoms with Gasteiger partial charge in [-0.05, 0) is 43.4 Å². The lowest BCUT2D eigenvalue weighted by Gasteiger charge is -2.34. The Hall–Kier alpha value is -3.20. The number of hydrogen-bond acceptors (Lipinski definition) is 7. The van der Waals surface area contributed by atoms with Crippen LogP contribution in [0.25, 0.3) is 0 Å². The molecule has 3 aliphatic rings. The van der Waals surface area contributed by atoms with Gasteiger partial charge in [0.15, 0.2) is 0 Å². The largest absolute Gasteiger partial charge is 0.356 e. The summed E-state index contributed by atoms with van der Waals surface area (Å²) in [4.78, 5) is 39.6. The van der Waals surface area contributed by atoms with E-state index in [9.17, 15) is 9.59 Å². The molecular weight excluding hydrogens is 454 g/mol. The fraction of sp³-hybridized carbons (Fsp3) is 0.556. The van der Waals surface area contributed by atoms with E-state index in [1.165, 1.54) is 17.5 Å². The van der Waals surface area contributed by atoms with E-state index in [2.05, 4.69) is 43.6 Å². The highest BCUT2D eigenvalue weighted by Crippen LogP contribution is 2.28. The molecule has 9 nitrogen and oxygen atoms in total. The molecule has 2 N–H and O–H groups in total. The molecule has 2 fully saturated rings. The number of piperazine rings is 1. The lowest BCUT2D eigenvalue weighted by atomic mass is 9.85. The highest BCUT2D eigenvalue weighted by atomic mass is 16.2. The number of rotatable bonds is 9. The van der Waals surface area contributed by atoms with E-state index < -0.39 is 0 Å². The van der Waals surface area contributed by atoms with Gasteiger partial charge in [0, 0.05) is 82.6 Å². The number of benzene rings is 1. The summed E-state index contributed by atoms with van der Waals surface area (Å²) in [5.41, 5.74) is 3.37.